The molecule has 2 heterocycles. The fraction of sp³-hybridized carbons (Fsp3) is 0.500. The molecule has 1 unspecified atom stereocenters. The molecule has 0 amide bonds. The highest BCUT2D eigenvalue weighted by Gasteiger charge is 2.20. The van der Waals surface area contributed by atoms with Crippen LogP contribution >= 0.6 is 15.9 Å². The molecular weight excluding hydrogens is 208 g/mol. The number of rotatable bonds is 0. The monoisotopic (exact) mass is 216 g/mol. The highest BCUT2D eigenvalue weighted by Crippen LogP contribution is 2.31. The lowest BCUT2D eigenvalue weighted by Crippen LogP contribution is -2.11. The third-order valence-electron chi connectivity index (χ3n) is 1.94. The molecule has 3 heteroatoms. The largest absolute Gasteiger partial charge is 0.452 e. The van der Waals surface area contributed by atoms with Crippen molar-refractivity contribution in [2.75, 3.05) is 6.61 Å². The van der Waals surface area contributed by atoms with Crippen LogP contribution in [-0.4, -0.2) is 6.61 Å². The highest BCUT2D eigenvalue weighted by atomic mass is 79.9. The van der Waals surface area contributed by atoms with E-state index < -0.39 is 0 Å². The number of furan rings is 1. The first-order valence-electron chi connectivity index (χ1n) is 3.63. The van der Waals surface area contributed by atoms with E-state index in [1.54, 1.807) is 0 Å². The van der Waals surface area contributed by atoms with Gasteiger partial charge in [0.2, 0.25) is 0 Å². The molecule has 0 bridgehead atoms. The topological polar surface area (TPSA) is 22.4 Å². The molecule has 0 aromatic carbocycles. The van der Waals surface area contributed by atoms with Crippen molar-refractivity contribution >= 4 is 15.9 Å². The lowest BCUT2D eigenvalue weighted by Gasteiger charge is -2.16. The number of hydrogen-bond donors (Lipinski definition) is 0. The normalized spacial score (nSPS) is 23.3. The van der Waals surface area contributed by atoms with Gasteiger partial charge in [0.25, 0.3) is 0 Å². The molecule has 1 aliphatic rings. The maximum Gasteiger partial charge on any atom is 0.169 e. The Hall–Kier alpha value is -0.280. The molecule has 0 N–H and O–H groups in total. The Morgan fingerprint density at radius 2 is 2.45 bits per heavy atom. The predicted molar refractivity (Wildman–Crippen MR) is 44.5 cm³/mol. The minimum Gasteiger partial charge on any atom is -0.452 e. The number of hydrogen-bond acceptors (Lipinski definition) is 2. The lowest BCUT2D eigenvalue weighted by molar-refractivity contribution is 0.0790. The van der Waals surface area contributed by atoms with Gasteiger partial charge in [0.15, 0.2) is 4.67 Å². The fourth-order valence-corrected chi connectivity index (χ4v) is 1.80. The van der Waals surface area contributed by atoms with Crippen LogP contribution in [0.5, 0.6) is 0 Å². The van der Waals surface area contributed by atoms with Crippen molar-refractivity contribution in [3.8, 4) is 0 Å². The minimum atomic E-state index is 0.466. The van der Waals surface area contributed by atoms with E-state index in [1.807, 2.05) is 6.07 Å². The summed E-state index contributed by atoms with van der Waals surface area (Å²) < 4.78 is 11.5. The Morgan fingerprint density at radius 1 is 1.64 bits per heavy atom. The molecule has 1 aromatic heterocycles. The van der Waals surface area contributed by atoms with Crippen molar-refractivity contribution in [3.63, 3.8) is 0 Å². The summed E-state index contributed by atoms with van der Waals surface area (Å²) in [5.74, 6) is 1.43. The number of halogens is 1. The molecule has 1 atom stereocenters. The Morgan fingerprint density at radius 3 is 3.18 bits per heavy atom. The van der Waals surface area contributed by atoms with Gasteiger partial charge >= 0.3 is 0 Å². The molecule has 0 fully saturated rings. The Balaban J connectivity index is 2.43. The molecule has 0 radical (unpaired) electrons. The Bertz CT molecular complexity index is 267. The summed E-state index contributed by atoms with van der Waals surface area (Å²) in [6.45, 7) is 3.56. The van der Waals surface area contributed by atoms with Crippen LogP contribution in [0.3, 0.4) is 0 Å². The summed E-state index contributed by atoms with van der Waals surface area (Å²) in [5, 5.41) is 0. The van der Waals surface area contributed by atoms with Gasteiger partial charge in [-0.3, -0.25) is 0 Å². The first kappa shape index (κ1) is 7.37. The van der Waals surface area contributed by atoms with Crippen molar-refractivity contribution in [3.05, 3.63) is 22.1 Å². The lowest BCUT2D eigenvalue weighted by atomic mass is 10.0. The van der Waals surface area contributed by atoms with E-state index in [1.165, 1.54) is 5.56 Å². The van der Waals surface area contributed by atoms with Gasteiger partial charge in [-0.05, 0) is 22.0 Å². The van der Waals surface area contributed by atoms with Gasteiger partial charge in [-0.15, -0.1) is 0 Å². The molecule has 11 heavy (non-hydrogen) atoms. The summed E-state index contributed by atoms with van der Waals surface area (Å²) >= 11 is 3.30. The van der Waals surface area contributed by atoms with Crippen LogP contribution in [0.15, 0.2) is 15.2 Å². The van der Waals surface area contributed by atoms with Crippen molar-refractivity contribution in [1.29, 1.82) is 0 Å². The predicted octanol–water partition coefficient (Wildman–Crippen LogP) is 2.68. The van der Waals surface area contributed by atoms with Crippen LogP contribution in [0.1, 0.15) is 24.2 Å². The summed E-state index contributed by atoms with van der Waals surface area (Å²) in [5.41, 5.74) is 1.28. The van der Waals surface area contributed by atoms with Gasteiger partial charge in [0.1, 0.15) is 12.4 Å². The van der Waals surface area contributed by atoms with Crippen LogP contribution in [0.2, 0.25) is 0 Å². The zero-order chi connectivity index (χ0) is 7.84. The third-order valence-corrected chi connectivity index (χ3v) is 2.33. The first-order valence-corrected chi connectivity index (χ1v) is 4.42. The van der Waals surface area contributed by atoms with Gasteiger partial charge in [-0.25, -0.2) is 0 Å². The van der Waals surface area contributed by atoms with Crippen LogP contribution in [0.25, 0.3) is 0 Å². The van der Waals surface area contributed by atoms with E-state index in [9.17, 15) is 0 Å². The summed E-state index contributed by atoms with van der Waals surface area (Å²) in [6, 6.07) is 2.03. The summed E-state index contributed by atoms with van der Waals surface area (Å²) in [4.78, 5) is 0. The van der Waals surface area contributed by atoms with E-state index >= 15 is 0 Å². The Labute approximate surface area is 73.7 Å². The van der Waals surface area contributed by atoms with Gasteiger partial charge in [-0.2, -0.15) is 0 Å². The van der Waals surface area contributed by atoms with Gasteiger partial charge in [0.05, 0.1) is 6.61 Å². The number of ether oxygens (including phenoxy) is 1. The molecule has 60 valence electrons. The fourth-order valence-electron chi connectivity index (χ4n) is 1.36. The second-order valence-electron chi connectivity index (χ2n) is 2.85. The molecule has 0 saturated carbocycles. The van der Waals surface area contributed by atoms with Crippen molar-refractivity contribution in [2.24, 2.45) is 0 Å². The van der Waals surface area contributed by atoms with Crippen LogP contribution < -0.4 is 0 Å². The van der Waals surface area contributed by atoms with Crippen LogP contribution in [0, 0.1) is 0 Å². The van der Waals surface area contributed by atoms with Gasteiger partial charge in [-0.1, -0.05) is 6.92 Å². The second-order valence-corrected chi connectivity index (χ2v) is 3.63. The molecule has 1 aromatic rings. The molecular formula is C8H9BrO2. The van der Waals surface area contributed by atoms with Crippen LogP contribution in [0.4, 0.5) is 0 Å². The van der Waals surface area contributed by atoms with E-state index in [-0.39, 0.29) is 0 Å². The van der Waals surface area contributed by atoms with E-state index in [2.05, 4.69) is 22.9 Å². The maximum absolute atomic E-state index is 5.37. The minimum absolute atomic E-state index is 0.466. The highest BCUT2D eigenvalue weighted by molar-refractivity contribution is 9.10. The third kappa shape index (κ3) is 1.23. The molecule has 1 aliphatic heterocycles. The zero-order valence-electron chi connectivity index (χ0n) is 6.26. The average Bonchev–Trinajstić information content (AvgIpc) is 2.31. The van der Waals surface area contributed by atoms with E-state index in [4.69, 9.17) is 9.15 Å². The number of fused-ring (bicyclic) bond motifs is 1. The van der Waals surface area contributed by atoms with E-state index in [0.717, 1.165) is 17.0 Å². The van der Waals surface area contributed by atoms with Crippen LogP contribution in [-0.2, 0) is 11.3 Å². The first-order chi connectivity index (χ1) is 5.27. The van der Waals surface area contributed by atoms with E-state index in [0.29, 0.717) is 12.5 Å². The second kappa shape index (κ2) is 2.64. The maximum atomic E-state index is 5.37. The molecule has 2 nitrogen and oxygen atoms in total. The smallest absolute Gasteiger partial charge is 0.169 e. The summed E-state index contributed by atoms with van der Waals surface area (Å²) in [6.07, 6.45) is 0. The molecule has 0 aliphatic carbocycles. The van der Waals surface area contributed by atoms with Crippen molar-refractivity contribution < 1.29 is 9.15 Å². The van der Waals surface area contributed by atoms with Crippen molar-refractivity contribution in [2.45, 2.75) is 19.4 Å². The molecule has 0 spiro atoms. The molecule has 2 rings (SSSR count). The van der Waals surface area contributed by atoms with Gasteiger partial charge in [0, 0.05) is 11.5 Å². The SMILES string of the molecule is CC1COCc2oc(Br)cc21. The standard InChI is InChI=1S/C8H9BrO2/c1-5-3-10-4-7-6(5)2-8(9)11-7/h2,5H,3-4H2,1H3. The molecule has 0 saturated heterocycles. The summed E-state index contributed by atoms with van der Waals surface area (Å²) in [7, 11) is 0. The average molecular weight is 217 g/mol. The quantitative estimate of drug-likeness (QED) is 0.666. The van der Waals surface area contributed by atoms with Crippen molar-refractivity contribution in [1.82, 2.24) is 0 Å². The Kier molecular flexibility index (Phi) is 1.77. The zero-order valence-corrected chi connectivity index (χ0v) is 7.85. The van der Waals surface area contributed by atoms with Gasteiger partial charge < -0.3 is 9.15 Å².